The number of carbonyl (C=O) groups excluding carboxylic acids is 2. The molecule has 0 aromatic rings. The molecule has 2 aliphatic heterocycles. The van der Waals surface area contributed by atoms with Crippen LogP contribution in [0.5, 0.6) is 0 Å². The number of amides is 2. The minimum absolute atomic E-state index is 0.0420. The van der Waals surface area contributed by atoms with Crippen LogP contribution in [0.25, 0.3) is 0 Å². The van der Waals surface area contributed by atoms with Crippen molar-refractivity contribution in [2.75, 3.05) is 13.1 Å². The monoisotopic (exact) mass is 269 g/mol. The van der Waals surface area contributed by atoms with Gasteiger partial charge in [-0.05, 0) is 31.6 Å². The predicted octanol–water partition coefficient (Wildman–Crippen LogP) is 0.173. The van der Waals surface area contributed by atoms with Crippen molar-refractivity contribution >= 4 is 11.8 Å². The van der Waals surface area contributed by atoms with Crippen molar-refractivity contribution in [2.45, 2.75) is 51.2 Å². The summed E-state index contributed by atoms with van der Waals surface area (Å²) in [4.78, 5) is 25.2. The molecule has 0 radical (unpaired) electrons. The Morgan fingerprint density at radius 1 is 1.42 bits per heavy atom. The van der Waals surface area contributed by atoms with Crippen molar-refractivity contribution in [3.8, 4) is 0 Å². The summed E-state index contributed by atoms with van der Waals surface area (Å²) in [6, 6.07) is 0. The van der Waals surface area contributed by atoms with Crippen molar-refractivity contribution in [3.63, 3.8) is 0 Å². The summed E-state index contributed by atoms with van der Waals surface area (Å²) in [7, 11) is 0. The Hall–Kier alpha value is -1.14. The van der Waals surface area contributed by atoms with Gasteiger partial charge in [0.05, 0.1) is 6.10 Å². The standard InChI is InChI=1S/C13H23N3O3/c1-9-2-5-12(17)16(7-6-9)8-10-3-4-11(19-10)13(18)15-14/h9-11H,2-8,14H2,1H3,(H,15,18). The number of nitrogens with one attached hydrogen (secondary N) is 1. The molecule has 2 saturated heterocycles. The van der Waals surface area contributed by atoms with Gasteiger partial charge in [-0.15, -0.1) is 0 Å². The second-order valence-corrected chi connectivity index (χ2v) is 5.60. The van der Waals surface area contributed by atoms with E-state index in [1.807, 2.05) is 4.90 Å². The quantitative estimate of drug-likeness (QED) is 0.434. The SMILES string of the molecule is CC1CCC(=O)N(CC2CCC(C(=O)NN)O2)CC1. The van der Waals surface area contributed by atoms with E-state index in [0.29, 0.717) is 25.3 Å². The molecule has 2 heterocycles. The van der Waals surface area contributed by atoms with E-state index in [9.17, 15) is 9.59 Å². The van der Waals surface area contributed by atoms with Crippen LogP contribution in [-0.2, 0) is 14.3 Å². The van der Waals surface area contributed by atoms with E-state index in [0.717, 1.165) is 25.8 Å². The van der Waals surface area contributed by atoms with Crippen LogP contribution in [0.4, 0.5) is 0 Å². The molecular formula is C13H23N3O3. The van der Waals surface area contributed by atoms with E-state index in [2.05, 4.69) is 12.3 Å². The van der Waals surface area contributed by atoms with Gasteiger partial charge >= 0.3 is 0 Å². The van der Waals surface area contributed by atoms with Crippen molar-refractivity contribution < 1.29 is 14.3 Å². The Morgan fingerprint density at radius 2 is 2.21 bits per heavy atom. The molecule has 108 valence electrons. The van der Waals surface area contributed by atoms with Gasteiger partial charge in [-0.1, -0.05) is 6.92 Å². The Balaban J connectivity index is 1.84. The molecule has 0 saturated carbocycles. The molecule has 3 atom stereocenters. The smallest absolute Gasteiger partial charge is 0.263 e. The number of hydrogen-bond acceptors (Lipinski definition) is 4. The Bertz CT molecular complexity index is 348. The highest BCUT2D eigenvalue weighted by molar-refractivity contribution is 5.80. The van der Waals surface area contributed by atoms with Crippen LogP contribution in [0.15, 0.2) is 0 Å². The topological polar surface area (TPSA) is 84.7 Å². The zero-order chi connectivity index (χ0) is 13.8. The van der Waals surface area contributed by atoms with Crippen molar-refractivity contribution in [3.05, 3.63) is 0 Å². The number of hydrazine groups is 1. The Morgan fingerprint density at radius 3 is 2.95 bits per heavy atom. The van der Waals surface area contributed by atoms with Gasteiger partial charge in [0.2, 0.25) is 5.91 Å². The molecule has 6 heteroatoms. The predicted molar refractivity (Wildman–Crippen MR) is 69.8 cm³/mol. The van der Waals surface area contributed by atoms with Gasteiger partial charge in [-0.2, -0.15) is 0 Å². The van der Waals surface area contributed by atoms with Crippen LogP contribution in [0, 0.1) is 5.92 Å². The van der Waals surface area contributed by atoms with Crippen LogP contribution in [0.1, 0.15) is 39.0 Å². The van der Waals surface area contributed by atoms with Gasteiger partial charge in [0.25, 0.3) is 5.91 Å². The van der Waals surface area contributed by atoms with E-state index in [4.69, 9.17) is 10.6 Å². The molecule has 2 amide bonds. The van der Waals surface area contributed by atoms with E-state index >= 15 is 0 Å². The zero-order valence-corrected chi connectivity index (χ0v) is 11.4. The normalized spacial score (nSPS) is 32.2. The van der Waals surface area contributed by atoms with E-state index in [1.165, 1.54) is 0 Å². The number of nitrogens with zero attached hydrogens (tertiary/aromatic N) is 1. The fourth-order valence-corrected chi connectivity index (χ4v) is 2.74. The highest BCUT2D eigenvalue weighted by Crippen LogP contribution is 2.23. The van der Waals surface area contributed by atoms with Gasteiger partial charge < -0.3 is 9.64 Å². The number of likely N-dealkylation sites (tertiary alicyclic amines) is 1. The largest absolute Gasteiger partial charge is 0.363 e. The molecule has 3 unspecified atom stereocenters. The molecule has 3 N–H and O–H groups in total. The average molecular weight is 269 g/mol. The fraction of sp³-hybridized carbons (Fsp3) is 0.846. The van der Waals surface area contributed by atoms with E-state index in [1.54, 1.807) is 0 Å². The van der Waals surface area contributed by atoms with Crippen molar-refractivity contribution in [1.82, 2.24) is 10.3 Å². The second-order valence-electron chi connectivity index (χ2n) is 5.60. The summed E-state index contributed by atoms with van der Waals surface area (Å²) in [6.07, 6.45) is 3.62. The first-order chi connectivity index (χ1) is 9.10. The Kier molecular flexibility index (Phi) is 4.76. The number of nitrogens with two attached hydrogens (primary N) is 1. The summed E-state index contributed by atoms with van der Waals surface area (Å²) < 4.78 is 5.65. The molecule has 0 aromatic carbocycles. The van der Waals surface area contributed by atoms with Crippen LogP contribution in [0.2, 0.25) is 0 Å². The second kappa shape index (κ2) is 6.34. The summed E-state index contributed by atoms with van der Waals surface area (Å²) >= 11 is 0. The van der Waals surface area contributed by atoms with Crippen molar-refractivity contribution in [1.29, 1.82) is 0 Å². The zero-order valence-electron chi connectivity index (χ0n) is 11.4. The van der Waals surface area contributed by atoms with Crippen LogP contribution >= 0.6 is 0 Å². The van der Waals surface area contributed by atoms with Gasteiger partial charge in [-0.25, -0.2) is 5.84 Å². The third-order valence-electron chi connectivity index (χ3n) is 4.06. The molecule has 6 nitrogen and oxygen atoms in total. The molecule has 0 aliphatic carbocycles. The van der Waals surface area contributed by atoms with Gasteiger partial charge in [0.1, 0.15) is 6.10 Å². The van der Waals surface area contributed by atoms with Crippen LogP contribution in [-0.4, -0.2) is 42.0 Å². The summed E-state index contributed by atoms with van der Waals surface area (Å²) in [5.41, 5.74) is 2.11. The lowest BCUT2D eigenvalue weighted by Gasteiger charge is -2.24. The molecule has 19 heavy (non-hydrogen) atoms. The molecular weight excluding hydrogens is 246 g/mol. The summed E-state index contributed by atoms with van der Waals surface area (Å²) in [5, 5.41) is 0. The molecule has 2 aliphatic rings. The maximum absolute atomic E-state index is 12.0. The summed E-state index contributed by atoms with van der Waals surface area (Å²) in [6.45, 7) is 3.58. The first-order valence-electron chi connectivity index (χ1n) is 7.04. The highest BCUT2D eigenvalue weighted by atomic mass is 16.5. The number of carbonyl (C=O) groups is 2. The van der Waals surface area contributed by atoms with E-state index < -0.39 is 6.10 Å². The third kappa shape index (κ3) is 3.67. The lowest BCUT2D eigenvalue weighted by molar-refractivity contribution is -0.135. The van der Waals surface area contributed by atoms with Crippen LogP contribution in [0.3, 0.4) is 0 Å². The maximum Gasteiger partial charge on any atom is 0.263 e. The molecule has 2 rings (SSSR count). The average Bonchev–Trinajstić information content (AvgIpc) is 2.82. The first-order valence-corrected chi connectivity index (χ1v) is 7.04. The van der Waals surface area contributed by atoms with Gasteiger partial charge in [-0.3, -0.25) is 15.0 Å². The maximum atomic E-state index is 12.0. The fourth-order valence-electron chi connectivity index (χ4n) is 2.74. The van der Waals surface area contributed by atoms with Gasteiger partial charge in [0, 0.05) is 19.5 Å². The number of rotatable bonds is 3. The molecule has 0 aromatic heterocycles. The third-order valence-corrected chi connectivity index (χ3v) is 4.06. The van der Waals surface area contributed by atoms with Crippen LogP contribution < -0.4 is 11.3 Å². The number of hydrogen-bond donors (Lipinski definition) is 2. The summed E-state index contributed by atoms with van der Waals surface area (Å²) in [5.74, 6) is 5.63. The van der Waals surface area contributed by atoms with Crippen molar-refractivity contribution in [2.24, 2.45) is 11.8 Å². The Labute approximate surface area is 113 Å². The first kappa shape index (κ1) is 14.3. The number of ether oxygens (including phenoxy) is 1. The van der Waals surface area contributed by atoms with E-state index in [-0.39, 0.29) is 17.9 Å². The lowest BCUT2D eigenvalue weighted by atomic mass is 10.0. The van der Waals surface area contributed by atoms with Gasteiger partial charge in [0.15, 0.2) is 0 Å². The molecule has 2 fully saturated rings. The minimum atomic E-state index is -0.462. The highest BCUT2D eigenvalue weighted by Gasteiger charge is 2.32. The lowest BCUT2D eigenvalue weighted by Crippen LogP contribution is -2.41. The molecule has 0 bridgehead atoms. The minimum Gasteiger partial charge on any atom is -0.363 e. The molecule has 0 spiro atoms.